The van der Waals surface area contributed by atoms with E-state index in [0.29, 0.717) is 0 Å². The fourth-order valence-corrected chi connectivity index (χ4v) is 1.83. The van der Waals surface area contributed by atoms with E-state index in [0.717, 1.165) is 12.1 Å². The molecule has 6 heteroatoms. The highest BCUT2D eigenvalue weighted by molar-refractivity contribution is 6.20. The second kappa shape index (κ2) is 5.96. The van der Waals surface area contributed by atoms with Gasteiger partial charge in [-0.3, -0.25) is 10.1 Å². The Kier molecular flexibility index (Phi) is 4.08. The second-order valence-electron chi connectivity index (χ2n) is 4.19. The first kappa shape index (κ1) is 14.4. The van der Waals surface area contributed by atoms with Crippen LogP contribution in [0.15, 0.2) is 48.5 Å². The van der Waals surface area contributed by atoms with Gasteiger partial charge in [-0.1, -0.05) is 24.3 Å². The molecule has 0 aromatic heterocycles. The Morgan fingerprint density at radius 3 is 2.33 bits per heavy atom. The van der Waals surface area contributed by atoms with Crippen LogP contribution in [0.2, 0.25) is 0 Å². The molecule has 2 aromatic rings. The van der Waals surface area contributed by atoms with E-state index < -0.39 is 16.7 Å². The summed E-state index contributed by atoms with van der Waals surface area (Å²) < 4.78 is 12.9. The number of nitro groups is 1. The summed E-state index contributed by atoms with van der Waals surface area (Å²) in [7, 11) is 0. The molecule has 21 heavy (non-hydrogen) atoms. The van der Waals surface area contributed by atoms with E-state index in [1.807, 2.05) is 0 Å². The van der Waals surface area contributed by atoms with Gasteiger partial charge in [0.25, 0.3) is 5.69 Å². The van der Waals surface area contributed by atoms with Crippen molar-refractivity contribution < 1.29 is 19.2 Å². The number of carboxylic acids is 1. The van der Waals surface area contributed by atoms with E-state index in [4.69, 9.17) is 0 Å². The first-order chi connectivity index (χ1) is 9.99. The molecule has 0 fully saturated rings. The predicted molar refractivity (Wildman–Crippen MR) is 75.0 cm³/mol. The zero-order valence-electron chi connectivity index (χ0n) is 10.7. The first-order valence-electron chi connectivity index (χ1n) is 5.93. The smallest absolute Gasteiger partial charge is 0.336 e. The summed E-state index contributed by atoms with van der Waals surface area (Å²) in [4.78, 5) is 21.7. The number of carboxylic acid groups (broad SMARTS) is 1. The SMILES string of the molecule is O=C(O)/C(=C/c1ccccc1[N+](=O)[O-])c1ccc(F)cc1. The highest BCUT2D eigenvalue weighted by atomic mass is 19.1. The standard InChI is InChI=1S/C15H10FNO4/c16-12-7-5-10(6-8-12)13(15(18)19)9-11-3-1-2-4-14(11)17(20)21/h1-9H,(H,18,19)/b13-9+. The lowest BCUT2D eigenvalue weighted by Crippen LogP contribution is -2.00. The molecule has 0 radical (unpaired) electrons. The minimum absolute atomic E-state index is 0.149. The maximum atomic E-state index is 12.9. The van der Waals surface area contributed by atoms with E-state index in [1.165, 1.54) is 36.4 Å². The second-order valence-corrected chi connectivity index (χ2v) is 4.19. The Morgan fingerprint density at radius 2 is 1.76 bits per heavy atom. The number of carbonyl (C=O) groups is 1. The van der Waals surface area contributed by atoms with Crippen LogP contribution in [-0.2, 0) is 4.79 Å². The molecule has 2 aromatic carbocycles. The highest BCUT2D eigenvalue weighted by Gasteiger charge is 2.15. The van der Waals surface area contributed by atoms with Gasteiger partial charge in [0.1, 0.15) is 5.82 Å². The van der Waals surface area contributed by atoms with Crippen molar-refractivity contribution in [2.45, 2.75) is 0 Å². The van der Waals surface area contributed by atoms with Crippen LogP contribution in [0.3, 0.4) is 0 Å². The van der Waals surface area contributed by atoms with Crippen molar-refractivity contribution in [1.82, 2.24) is 0 Å². The van der Waals surface area contributed by atoms with Crippen molar-refractivity contribution in [2.24, 2.45) is 0 Å². The van der Waals surface area contributed by atoms with Gasteiger partial charge in [0, 0.05) is 6.07 Å². The quantitative estimate of drug-likeness (QED) is 0.404. The van der Waals surface area contributed by atoms with Gasteiger partial charge in [-0.2, -0.15) is 0 Å². The van der Waals surface area contributed by atoms with Crippen LogP contribution in [-0.4, -0.2) is 16.0 Å². The van der Waals surface area contributed by atoms with E-state index in [9.17, 15) is 24.4 Å². The molecule has 0 unspecified atom stereocenters. The highest BCUT2D eigenvalue weighted by Crippen LogP contribution is 2.25. The molecule has 0 heterocycles. The van der Waals surface area contributed by atoms with Gasteiger partial charge in [-0.15, -0.1) is 0 Å². The fraction of sp³-hybridized carbons (Fsp3) is 0. The molecule has 5 nitrogen and oxygen atoms in total. The van der Waals surface area contributed by atoms with Gasteiger partial charge in [0.2, 0.25) is 0 Å². The van der Waals surface area contributed by atoms with Crippen molar-refractivity contribution in [3.63, 3.8) is 0 Å². The summed E-state index contributed by atoms with van der Waals surface area (Å²) in [5.74, 6) is -1.74. The monoisotopic (exact) mass is 287 g/mol. The van der Waals surface area contributed by atoms with Gasteiger partial charge < -0.3 is 5.11 Å². The van der Waals surface area contributed by atoms with Gasteiger partial charge in [-0.05, 0) is 29.8 Å². The van der Waals surface area contributed by atoms with E-state index in [1.54, 1.807) is 6.07 Å². The molecule has 0 amide bonds. The lowest BCUT2D eigenvalue weighted by molar-refractivity contribution is -0.385. The van der Waals surface area contributed by atoms with Crippen LogP contribution in [0.4, 0.5) is 10.1 Å². The third-order valence-corrected chi connectivity index (χ3v) is 2.82. The molecule has 0 saturated heterocycles. The first-order valence-corrected chi connectivity index (χ1v) is 5.93. The number of halogens is 1. The average Bonchev–Trinajstić information content (AvgIpc) is 2.46. The van der Waals surface area contributed by atoms with Crippen molar-refractivity contribution >= 4 is 23.3 Å². The summed E-state index contributed by atoms with van der Waals surface area (Å²) in [5, 5.41) is 20.2. The lowest BCUT2D eigenvalue weighted by atomic mass is 10.0. The molecule has 0 spiro atoms. The summed E-state index contributed by atoms with van der Waals surface area (Å²) in [6, 6.07) is 10.7. The molecule has 0 bridgehead atoms. The van der Waals surface area contributed by atoms with Gasteiger partial charge in [-0.25, -0.2) is 9.18 Å². The van der Waals surface area contributed by atoms with Crippen LogP contribution in [0, 0.1) is 15.9 Å². The fourth-order valence-electron chi connectivity index (χ4n) is 1.83. The number of rotatable bonds is 4. The molecule has 0 saturated carbocycles. The Labute approximate surface area is 119 Å². The van der Waals surface area contributed by atoms with Crippen molar-refractivity contribution in [1.29, 1.82) is 0 Å². The predicted octanol–water partition coefficient (Wildman–Crippen LogP) is 3.36. The maximum absolute atomic E-state index is 12.9. The molecule has 106 valence electrons. The Bertz CT molecular complexity index is 723. The van der Waals surface area contributed by atoms with Crippen LogP contribution in [0.5, 0.6) is 0 Å². The lowest BCUT2D eigenvalue weighted by Gasteiger charge is -2.04. The molecule has 0 aliphatic rings. The number of aliphatic carboxylic acids is 1. The van der Waals surface area contributed by atoms with Crippen LogP contribution in [0.1, 0.15) is 11.1 Å². The molecule has 0 aliphatic heterocycles. The third-order valence-electron chi connectivity index (χ3n) is 2.82. The third kappa shape index (κ3) is 3.30. The molecule has 0 atom stereocenters. The molecule has 1 N–H and O–H groups in total. The molecular formula is C15H10FNO4. The summed E-state index contributed by atoms with van der Waals surface area (Å²) in [6.07, 6.45) is 1.20. The topological polar surface area (TPSA) is 80.4 Å². The van der Waals surface area contributed by atoms with Crippen molar-refractivity contribution in [3.8, 4) is 0 Å². The van der Waals surface area contributed by atoms with Crippen molar-refractivity contribution in [3.05, 3.63) is 75.6 Å². The molecule has 2 rings (SSSR count). The average molecular weight is 287 g/mol. The minimum Gasteiger partial charge on any atom is -0.478 e. The largest absolute Gasteiger partial charge is 0.478 e. The van der Waals surface area contributed by atoms with Crippen LogP contribution >= 0.6 is 0 Å². The number of hydrogen-bond donors (Lipinski definition) is 1. The van der Waals surface area contributed by atoms with Crippen molar-refractivity contribution in [2.75, 3.05) is 0 Å². The molecular weight excluding hydrogens is 277 g/mol. The summed E-state index contributed by atoms with van der Waals surface area (Å²) >= 11 is 0. The minimum atomic E-state index is -1.25. The normalized spacial score (nSPS) is 11.2. The van der Waals surface area contributed by atoms with E-state index in [2.05, 4.69) is 0 Å². The van der Waals surface area contributed by atoms with Gasteiger partial charge in [0.05, 0.1) is 16.1 Å². The zero-order chi connectivity index (χ0) is 15.4. The number of hydrogen-bond acceptors (Lipinski definition) is 3. The number of nitro benzene ring substituents is 1. The Balaban J connectivity index is 2.56. The Morgan fingerprint density at radius 1 is 1.14 bits per heavy atom. The summed E-state index contributed by atoms with van der Waals surface area (Å²) in [6.45, 7) is 0. The van der Waals surface area contributed by atoms with Gasteiger partial charge >= 0.3 is 5.97 Å². The zero-order valence-corrected chi connectivity index (χ0v) is 10.7. The van der Waals surface area contributed by atoms with E-state index in [-0.39, 0.29) is 22.4 Å². The summed E-state index contributed by atoms with van der Waals surface area (Å²) in [5.41, 5.74) is 0.0916. The Hall–Kier alpha value is -3.02. The number of benzene rings is 2. The van der Waals surface area contributed by atoms with E-state index >= 15 is 0 Å². The molecule has 0 aliphatic carbocycles. The number of para-hydroxylation sites is 1. The van der Waals surface area contributed by atoms with Gasteiger partial charge in [0.15, 0.2) is 0 Å². The van der Waals surface area contributed by atoms with Crippen LogP contribution in [0.25, 0.3) is 11.6 Å². The van der Waals surface area contributed by atoms with Crippen LogP contribution < -0.4 is 0 Å². The maximum Gasteiger partial charge on any atom is 0.336 e. The number of nitrogens with zero attached hydrogens (tertiary/aromatic N) is 1.